The molecule has 0 spiro atoms. The smallest absolute Gasteiger partial charge is 0.160 e. The van der Waals surface area contributed by atoms with Crippen LogP contribution in [0.25, 0.3) is 98.6 Å². The highest BCUT2D eigenvalue weighted by atomic mass is 32.1. The molecule has 0 unspecified atom stereocenters. The van der Waals surface area contributed by atoms with Crippen LogP contribution in [0.4, 0.5) is 0 Å². The van der Waals surface area contributed by atoms with Crippen LogP contribution in [-0.2, 0) is 0 Å². The highest BCUT2D eigenvalue weighted by Crippen LogP contribution is 2.45. The Labute approximate surface area is 324 Å². The summed E-state index contributed by atoms with van der Waals surface area (Å²) < 4.78 is 2.59. The van der Waals surface area contributed by atoms with E-state index in [4.69, 9.17) is 9.97 Å². The van der Waals surface area contributed by atoms with Crippen LogP contribution in [0, 0.1) is 0 Å². The molecular formula is C52H34N2S. The van der Waals surface area contributed by atoms with Crippen molar-refractivity contribution in [2.45, 2.75) is 0 Å². The maximum absolute atomic E-state index is 5.43. The predicted octanol–water partition coefficient (Wildman–Crippen LogP) is 14.5. The minimum Gasteiger partial charge on any atom is -0.228 e. The van der Waals surface area contributed by atoms with Crippen LogP contribution in [0.5, 0.6) is 0 Å². The first-order valence-electron chi connectivity index (χ1n) is 18.6. The molecule has 3 heteroatoms. The number of nitrogens with zero attached hydrogens (tertiary/aromatic N) is 2. The number of hydrogen-bond donors (Lipinski definition) is 0. The fourth-order valence-electron chi connectivity index (χ4n) is 7.59. The molecule has 0 saturated carbocycles. The Balaban J connectivity index is 1.25. The van der Waals surface area contributed by atoms with Crippen molar-refractivity contribution in [1.82, 2.24) is 9.97 Å². The molecule has 0 radical (unpaired) electrons. The van der Waals surface area contributed by atoms with Crippen molar-refractivity contribution in [2.75, 3.05) is 0 Å². The Bertz CT molecular complexity index is 2940. The second kappa shape index (κ2) is 14.1. The third-order valence-electron chi connectivity index (χ3n) is 10.3. The normalized spacial score (nSPS) is 11.3. The summed E-state index contributed by atoms with van der Waals surface area (Å²) in [5.41, 5.74) is 14.0. The Morgan fingerprint density at radius 1 is 0.291 bits per heavy atom. The van der Waals surface area contributed by atoms with E-state index in [0.29, 0.717) is 5.82 Å². The van der Waals surface area contributed by atoms with Gasteiger partial charge in [-0.3, -0.25) is 0 Å². The van der Waals surface area contributed by atoms with Crippen molar-refractivity contribution in [3.8, 4) is 78.4 Å². The summed E-state index contributed by atoms with van der Waals surface area (Å²) in [6, 6.07) is 73.5. The van der Waals surface area contributed by atoms with Crippen molar-refractivity contribution in [2.24, 2.45) is 0 Å². The molecule has 0 aliphatic rings. The van der Waals surface area contributed by atoms with Crippen LogP contribution >= 0.6 is 11.3 Å². The number of hydrogen-bond acceptors (Lipinski definition) is 3. The van der Waals surface area contributed by atoms with Crippen molar-refractivity contribution in [1.29, 1.82) is 0 Å². The molecule has 2 nitrogen and oxygen atoms in total. The molecule has 0 amide bonds. The van der Waals surface area contributed by atoms with Crippen molar-refractivity contribution >= 4 is 31.5 Å². The van der Waals surface area contributed by atoms with Crippen molar-refractivity contribution in [3.05, 3.63) is 206 Å². The third kappa shape index (κ3) is 6.31. The van der Waals surface area contributed by atoms with Crippen LogP contribution in [0.3, 0.4) is 0 Å². The van der Waals surface area contributed by atoms with E-state index in [1.807, 2.05) is 23.5 Å². The van der Waals surface area contributed by atoms with E-state index in [1.165, 1.54) is 31.3 Å². The fraction of sp³-hybridized carbons (Fsp3) is 0. The van der Waals surface area contributed by atoms with Gasteiger partial charge in [-0.05, 0) is 80.9 Å². The largest absolute Gasteiger partial charge is 0.228 e. The number of rotatable bonds is 7. The molecule has 0 aliphatic heterocycles. The number of benzene rings is 8. The lowest BCUT2D eigenvalue weighted by molar-refractivity contribution is 1.18. The van der Waals surface area contributed by atoms with Crippen molar-refractivity contribution in [3.63, 3.8) is 0 Å². The molecule has 2 heterocycles. The monoisotopic (exact) mass is 718 g/mol. The lowest BCUT2D eigenvalue weighted by Crippen LogP contribution is -1.99. The van der Waals surface area contributed by atoms with Gasteiger partial charge in [-0.2, -0.15) is 0 Å². The summed E-state index contributed by atoms with van der Waals surface area (Å²) in [7, 11) is 0. The Hall–Kier alpha value is -6.94. The van der Waals surface area contributed by atoms with Gasteiger partial charge in [0, 0.05) is 36.9 Å². The molecule has 8 aromatic carbocycles. The summed E-state index contributed by atoms with van der Waals surface area (Å²) >= 11 is 1.85. The molecular weight excluding hydrogens is 685 g/mol. The minimum atomic E-state index is 0.688. The van der Waals surface area contributed by atoms with Crippen LogP contribution in [0.15, 0.2) is 206 Å². The summed E-state index contributed by atoms with van der Waals surface area (Å²) in [5.74, 6) is 0.688. The molecule has 0 fully saturated rings. The third-order valence-corrected chi connectivity index (χ3v) is 11.5. The van der Waals surface area contributed by atoms with E-state index in [9.17, 15) is 0 Å². The number of aromatic nitrogens is 2. The van der Waals surface area contributed by atoms with E-state index >= 15 is 0 Å². The zero-order valence-electron chi connectivity index (χ0n) is 29.9. The zero-order valence-corrected chi connectivity index (χ0v) is 30.7. The Morgan fingerprint density at radius 3 is 1.47 bits per heavy atom. The summed E-state index contributed by atoms with van der Waals surface area (Å²) in [5, 5.41) is 2.56. The summed E-state index contributed by atoms with van der Waals surface area (Å²) in [6.45, 7) is 0. The van der Waals surface area contributed by atoms with Gasteiger partial charge in [-0.15, -0.1) is 11.3 Å². The highest BCUT2D eigenvalue weighted by molar-refractivity contribution is 7.25. The van der Waals surface area contributed by atoms with Crippen molar-refractivity contribution < 1.29 is 0 Å². The van der Waals surface area contributed by atoms with E-state index in [-0.39, 0.29) is 0 Å². The number of thiophene rings is 1. The lowest BCUT2D eigenvalue weighted by Gasteiger charge is -2.20. The van der Waals surface area contributed by atoms with Crippen LogP contribution in [0.1, 0.15) is 0 Å². The molecule has 258 valence electrons. The molecule has 10 aromatic rings. The summed E-state index contributed by atoms with van der Waals surface area (Å²) in [4.78, 5) is 10.6. The Kier molecular flexibility index (Phi) is 8.40. The van der Waals surface area contributed by atoms with E-state index in [1.54, 1.807) is 0 Å². The molecule has 0 N–H and O–H groups in total. The Morgan fingerprint density at radius 2 is 0.782 bits per heavy atom. The van der Waals surface area contributed by atoms with Gasteiger partial charge < -0.3 is 0 Å². The van der Waals surface area contributed by atoms with Gasteiger partial charge in [0.25, 0.3) is 0 Å². The molecule has 0 bridgehead atoms. The lowest BCUT2D eigenvalue weighted by atomic mass is 9.85. The molecule has 2 aromatic heterocycles. The molecule has 0 saturated heterocycles. The average molecular weight is 719 g/mol. The van der Waals surface area contributed by atoms with E-state index < -0.39 is 0 Å². The second-order valence-electron chi connectivity index (χ2n) is 13.8. The first-order valence-corrected chi connectivity index (χ1v) is 19.4. The first kappa shape index (κ1) is 32.7. The van der Waals surface area contributed by atoms with Crippen LogP contribution in [0.2, 0.25) is 0 Å². The fourth-order valence-corrected chi connectivity index (χ4v) is 8.68. The van der Waals surface area contributed by atoms with Gasteiger partial charge in [-0.25, -0.2) is 9.97 Å². The summed E-state index contributed by atoms with van der Waals surface area (Å²) in [6.07, 6.45) is 0. The topological polar surface area (TPSA) is 25.8 Å². The van der Waals surface area contributed by atoms with Crippen LogP contribution < -0.4 is 0 Å². The van der Waals surface area contributed by atoms with Gasteiger partial charge >= 0.3 is 0 Å². The molecule has 10 rings (SSSR count). The van der Waals surface area contributed by atoms with Gasteiger partial charge in [0.1, 0.15) is 0 Å². The zero-order chi connectivity index (χ0) is 36.6. The van der Waals surface area contributed by atoms with Crippen LogP contribution in [-0.4, -0.2) is 9.97 Å². The van der Waals surface area contributed by atoms with Gasteiger partial charge in [0.05, 0.1) is 11.4 Å². The highest BCUT2D eigenvalue weighted by Gasteiger charge is 2.21. The maximum Gasteiger partial charge on any atom is 0.160 e. The molecule has 55 heavy (non-hydrogen) atoms. The van der Waals surface area contributed by atoms with E-state index in [0.717, 1.165) is 61.5 Å². The standard InChI is InChI=1S/C52H34N2S/c1-5-15-35(16-6-1)37-25-27-40(28-26-37)52-53-47(38-19-9-3-10-20-38)34-48(54-52)46-33-42(36-17-7-2-8-18-36)32-44(51(46)39-21-11-4-12-22-39)41-29-30-50-45(31-41)43-23-13-14-24-49(43)55-50/h1-34H. The van der Waals surface area contributed by atoms with Gasteiger partial charge in [0.2, 0.25) is 0 Å². The average Bonchev–Trinajstić information content (AvgIpc) is 3.65. The minimum absolute atomic E-state index is 0.688. The quantitative estimate of drug-likeness (QED) is 0.164. The predicted molar refractivity (Wildman–Crippen MR) is 233 cm³/mol. The van der Waals surface area contributed by atoms with Gasteiger partial charge in [-0.1, -0.05) is 170 Å². The second-order valence-corrected chi connectivity index (χ2v) is 14.8. The maximum atomic E-state index is 5.43. The first-order chi connectivity index (χ1) is 27.2. The SMILES string of the molecule is c1ccc(-c2ccc(-c3nc(-c4ccccc4)cc(-c4cc(-c5ccccc5)cc(-c5ccc6sc7ccccc7c6c5)c4-c4ccccc4)n3)cc2)cc1. The van der Waals surface area contributed by atoms with E-state index in [2.05, 4.69) is 194 Å². The number of fused-ring (bicyclic) bond motifs is 3. The molecule has 0 aliphatic carbocycles. The molecule has 0 atom stereocenters. The van der Waals surface area contributed by atoms with Gasteiger partial charge in [0.15, 0.2) is 5.82 Å².